The predicted octanol–water partition coefficient (Wildman–Crippen LogP) is 2.07. The van der Waals surface area contributed by atoms with E-state index in [0.717, 1.165) is 22.5 Å². The highest BCUT2D eigenvalue weighted by Crippen LogP contribution is 2.23. The maximum Gasteiger partial charge on any atom is 0.0645 e. The molecule has 0 spiro atoms. The Morgan fingerprint density at radius 1 is 1.20 bits per heavy atom. The molecular formula is C12H15N3. The van der Waals surface area contributed by atoms with Crippen LogP contribution in [0.4, 0.5) is 0 Å². The van der Waals surface area contributed by atoms with Crippen molar-refractivity contribution < 1.29 is 0 Å². The lowest BCUT2D eigenvalue weighted by Gasteiger charge is -2.12. The molecule has 1 aromatic heterocycles. The van der Waals surface area contributed by atoms with E-state index < -0.39 is 0 Å². The van der Waals surface area contributed by atoms with Crippen molar-refractivity contribution >= 4 is 0 Å². The monoisotopic (exact) mass is 201 g/mol. The number of hydrogen-bond donors (Lipinski definition) is 2. The molecule has 0 amide bonds. The number of H-pyrrole nitrogens is 1. The first kappa shape index (κ1) is 9.93. The number of nitrogens with two attached hydrogens (primary N) is 1. The number of aryl methyl sites for hydroxylation is 2. The van der Waals surface area contributed by atoms with Crippen molar-refractivity contribution in [2.24, 2.45) is 5.73 Å². The minimum Gasteiger partial charge on any atom is -0.320 e. The van der Waals surface area contributed by atoms with Gasteiger partial charge in [-0.25, -0.2) is 0 Å². The summed E-state index contributed by atoms with van der Waals surface area (Å²) in [6, 6.07) is 9.98. The number of rotatable bonds is 2. The van der Waals surface area contributed by atoms with Gasteiger partial charge in [-0.2, -0.15) is 5.10 Å². The molecule has 0 fully saturated rings. The molecule has 0 aliphatic carbocycles. The summed E-state index contributed by atoms with van der Waals surface area (Å²) in [4.78, 5) is 0. The molecule has 3 heteroatoms. The molecule has 1 atom stereocenters. The number of hydrogen-bond acceptors (Lipinski definition) is 2. The third-order valence-electron chi connectivity index (χ3n) is 2.65. The lowest BCUT2D eigenvalue weighted by Crippen LogP contribution is -2.13. The average molecular weight is 201 g/mol. The fraction of sp³-hybridized carbons (Fsp3) is 0.250. The lowest BCUT2D eigenvalue weighted by atomic mass is 9.98. The second kappa shape index (κ2) is 3.87. The summed E-state index contributed by atoms with van der Waals surface area (Å²) in [6.45, 7) is 3.97. The number of benzene rings is 1. The van der Waals surface area contributed by atoms with Gasteiger partial charge >= 0.3 is 0 Å². The van der Waals surface area contributed by atoms with E-state index in [4.69, 9.17) is 5.73 Å². The maximum atomic E-state index is 6.20. The van der Waals surface area contributed by atoms with E-state index in [-0.39, 0.29) is 6.04 Å². The van der Waals surface area contributed by atoms with Gasteiger partial charge in [0.25, 0.3) is 0 Å². The minimum absolute atomic E-state index is 0.0926. The molecule has 0 radical (unpaired) electrons. The fourth-order valence-electron chi connectivity index (χ4n) is 1.84. The van der Waals surface area contributed by atoms with Gasteiger partial charge in [-0.1, -0.05) is 30.3 Å². The van der Waals surface area contributed by atoms with Crippen LogP contribution in [0.15, 0.2) is 30.3 Å². The third-order valence-corrected chi connectivity index (χ3v) is 2.65. The van der Waals surface area contributed by atoms with Gasteiger partial charge in [0.2, 0.25) is 0 Å². The number of nitrogens with zero attached hydrogens (tertiary/aromatic N) is 1. The summed E-state index contributed by atoms with van der Waals surface area (Å²) in [5, 5.41) is 7.12. The maximum absolute atomic E-state index is 6.20. The van der Waals surface area contributed by atoms with Crippen molar-refractivity contribution in [2.75, 3.05) is 0 Å². The highest BCUT2D eigenvalue weighted by Gasteiger charge is 2.15. The van der Waals surface area contributed by atoms with Gasteiger partial charge in [-0.15, -0.1) is 0 Å². The minimum atomic E-state index is -0.0926. The van der Waals surface area contributed by atoms with Gasteiger partial charge in [-0.05, 0) is 19.4 Å². The topological polar surface area (TPSA) is 54.7 Å². The molecule has 0 bridgehead atoms. The molecule has 0 aliphatic rings. The van der Waals surface area contributed by atoms with Crippen LogP contribution >= 0.6 is 0 Å². The van der Waals surface area contributed by atoms with Crippen LogP contribution in [0.25, 0.3) is 0 Å². The predicted molar refractivity (Wildman–Crippen MR) is 60.5 cm³/mol. The number of aromatic amines is 1. The molecule has 2 rings (SSSR count). The lowest BCUT2D eigenvalue weighted by molar-refractivity contribution is 0.853. The highest BCUT2D eigenvalue weighted by molar-refractivity contribution is 5.35. The van der Waals surface area contributed by atoms with Crippen molar-refractivity contribution in [3.63, 3.8) is 0 Å². The first-order chi connectivity index (χ1) is 7.20. The van der Waals surface area contributed by atoms with E-state index in [1.807, 2.05) is 44.2 Å². The number of aromatic nitrogens is 2. The summed E-state index contributed by atoms with van der Waals surface area (Å²) >= 11 is 0. The zero-order valence-electron chi connectivity index (χ0n) is 8.99. The average Bonchev–Trinajstić information content (AvgIpc) is 2.59. The molecule has 1 heterocycles. The van der Waals surface area contributed by atoms with Crippen molar-refractivity contribution in [3.8, 4) is 0 Å². The smallest absolute Gasteiger partial charge is 0.0645 e. The molecule has 15 heavy (non-hydrogen) atoms. The van der Waals surface area contributed by atoms with Crippen molar-refractivity contribution in [1.29, 1.82) is 0 Å². The van der Waals surface area contributed by atoms with Crippen LogP contribution in [0, 0.1) is 13.8 Å². The molecule has 2 aromatic rings. The van der Waals surface area contributed by atoms with Crippen molar-refractivity contribution in [3.05, 3.63) is 52.8 Å². The second-order valence-electron chi connectivity index (χ2n) is 3.74. The Morgan fingerprint density at radius 3 is 2.40 bits per heavy atom. The van der Waals surface area contributed by atoms with Gasteiger partial charge in [0.15, 0.2) is 0 Å². The van der Waals surface area contributed by atoms with E-state index in [9.17, 15) is 0 Å². The quantitative estimate of drug-likeness (QED) is 0.781. The first-order valence-electron chi connectivity index (χ1n) is 5.02. The van der Waals surface area contributed by atoms with E-state index in [1.54, 1.807) is 0 Å². The summed E-state index contributed by atoms with van der Waals surface area (Å²) in [6.07, 6.45) is 0. The van der Waals surface area contributed by atoms with Crippen LogP contribution in [0.5, 0.6) is 0 Å². The van der Waals surface area contributed by atoms with Crippen molar-refractivity contribution in [2.45, 2.75) is 19.9 Å². The molecule has 1 aromatic carbocycles. The van der Waals surface area contributed by atoms with Crippen LogP contribution in [0.1, 0.15) is 28.6 Å². The van der Waals surface area contributed by atoms with E-state index >= 15 is 0 Å². The molecule has 0 saturated carbocycles. The molecule has 0 saturated heterocycles. The Hall–Kier alpha value is -1.61. The number of nitrogens with one attached hydrogen (secondary N) is 1. The van der Waals surface area contributed by atoms with E-state index in [2.05, 4.69) is 10.2 Å². The Bertz CT molecular complexity index is 426. The van der Waals surface area contributed by atoms with E-state index in [0.29, 0.717) is 0 Å². The summed E-state index contributed by atoms with van der Waals surface area (Å²) in [5.74, 6) is 0. The standard InChI is InChI=1S/C12H15N3/c1-8-11(9(2)15-14-8)12(13)10-6-4-3-5-7-10/h3-7,12H,13H2,1-2H3,(H,14,15). The van der Waals surface area contributed by atoms with Gasteiger partial charge in [0.1, 0.15) is 0 Å². The zero-order chi connectivity index (χ0) is 10.8. The summed E-state index contributed by atoms with van der Waals surface area (Å²) in [7, 11) is 0. The second-order valence-corrected chi connectivity index (χ2v) is 3.74. The van der Waals surface area contributed by atoms with Crippen molar-refractivity contribution in [1.82, 2.24) is 10.2 Å². The Morgan fingerprint density at radius 2 is 1.87 bits per heavy atom. The first-order valence-corrected chi connectivity index (χ1v) is 5.02. The Balaban J connectivity index is 2.41. The summed E-state index contributed by atoms with van der Waals surface area (Å²) < 4.78 is 0. The van der Waals surface area contributed by atoms with Gasteiger partial charge in [0.05, 0.1) is 11.7 Å². The van der Waals surface area contributed by atoms with Gasteiger partial charge in [0, 0.05) is 11.3 Å². The molecule has 3 nitrogen and oxygen atoms in total. The third kappa shape index (κ3) is 1.78. The zero-order valence-corrected chi connectivity index (χ0v) is 8.99. The molecular weight excluding hydrogens is 186 g/mol. The van der Waals surface area contributed by atoms with Crippen LogP contribution in [-0.2, 0) is 0 Å². The Kier molecular flexibility index (Phi) is 2.56. The molecule has 0 aliphatic heterocycles. The molecule has 1 unspecified atom stereocenters. The van der Waals surface area contributed by atoms with Crippen LogP contribution in [0.2, 0.25) is 0 Å². The largest absolute Gasteiger partial charge is 0.320 e. The Labute approximate surface area is 89.3 Å². The normalized spacial score (nSPS) is 12.7. The van der Waals surface area contributed by atoms with E-state index in [1.165, 1.54) is 0 Å². The van der Waals surface area contributed by atoms with Crippen LogP contribution in [-0.4, -0.2) is 10.2 Å². The van der Waals surface area contributed by atoms with Gasteiger partial charge < -0.3 is 5.73 Å². The summed E-state index contributed by atoms with van der Waals surface area (Å²) in [5.41, 5.74) is 10.4. The molecule has 3 N–H and O–H groups in total. The molecule has 78 valence electrons. The van der Waals surface area contributed by atoms with Crippen LogP contribution < -0.4 is 5.73 Å². The van der Waals surface area contributed by atoms with Gasteiger partial charge in [-0.3, -0.25) is 5.10 Å². The highest BCUT2D eigenvalue weighted by atomic mass is 15.1. The fourth-order valence-corrected chi connectivity index (χ4v) is 1.84. The van der Waals surface area contributed by atoms with Crippen LogP contribution in [0.3, 0.4) is 0 Å². The SMILES string of the molecule is Cc1n[nH]c(C)c1C(N)c1ccccc1.